The largest absolute Gasteiger partial charge is 0.451 e. The molecular formula is C7H7F3N4O. The molecule has 0 unspecified atom stereocenters. The summed E-state index contributed by atoms with van der Waals surface area (Å²) in [6.07, 6.45) is -3.64. The normalized spacial score (nSPS) is 19.3. The number of halogens is 3. The summed E-state index contributed by atoms with van der Waals surface area (Å²) in [5.41, 5.74) is 0.143. The molecule has 0 aliphatic carbocycles. The Kier molecular flexibility index (Phi) is 2.13. The summed E-state index contributed by atoms with van der Waals surface area (Å²) >= 11 is 0. The van der Waals surface area contributed by atoms with Crippen LogP contribution in [0.2, 0.25) is 0 Å². The number of hydrogen-bond acceptors (Lipinski definition) is 4. The molecule has 2 heterocycles. The van der Waals surface area contributed by atoms with Crippen molar-refractivity contribution in [2.45, 2.75) is 25.6 Å². The summed E-state index contributed by atoms with van der Waals surface area (Å²) in [6.45, 7) is 0.191. The van der Waals surface area contributed by atoms with Gasteiger partial charge in [0.15, 0.2) is 5.82 Å². The zero-order valence-corrected chi connectivity index (χ0v) is 7.49. The van der Waals surface area contributed by atoms with Gasteiger partial charge < -0.3 is 9.77 Å². The van der Waals surface area contributed by atoms with Crippen LogP contribution >= 0.6 is 0 Å². The number of aromatic nitrogens is 3. The van der Waals surface area contributed by atoms with Crippen LogP contribution in [0.3, 0.4) is 0 Å². The van der Waals surface area contributed by atoms with E-state index in [2.05, 4.69) is 15.4 Å². The summed E-state index contributed by atoms with van der Waals surface area (Å²) in [7, 11) is 0. The second-order valence-corrected chi connectivity index (χ2v) is 3.15. The average molecular weight is 220 g/mol. The second kappa shape index (κ2) is 3.21. The predicted octanol–water partition coefficient (Wildman–Crippen LogP) is 1.27. The summed E-state index contributed by atoms with van der Waals surface area (Å²) in [6, 6.07) is 0. The minimum Gasteiger partial charge on any atom is -0.411 e. The molecule has 0 radical (unpaired) electrons. The third-order valence-electron chi connectivity index (χ3n) is 2.18. The summed E-state index contributed by atoms with van der Waals surface area (Å²) in [5.74, 6) is -1.05. The second-order valence-electron chi connectivity index (χ2n) is 3.15. The van der Waals surface area contributed by atoms with Crippen LogP contribution in [0.15, 0.2) is 5.16 Å². The van der Waals surface area contributed by atoms with E-state index in [9.17, 15) is 13.2 Å². The molecule has 0 saturated carbocycles. The van der Waals surface area contributed by atoms with Gasteiger partial charge in [0.2, 0.25) is 5.82 Å². The van der Waals surface area contributed by atoms with Gasteiger partial charge in [-0.2, -0.15) is 13.2 Å². The van der Waals surface area contributed by atoms with Crippen LogP contribution in [0.25, 0.3) is 0 Å². The lowest BCUT2D eigenvalue weighted by molar-refractivity contribution is -0.147. The zero-order chi connectivity index (χ0) is 11.1. The zero-order valence-electron chi connectivity index (χ0n) is 7.49. The Morgan fingerprint density at radius 2 is 2.07 bits per heavy atom. The van der Waals surface area contributed by atoms with E-state index in [0.29, 0.717) is 12.8 Å². The van der Waals surface area contributed by atoms with Crippen molar-refractivity contribution in [3.05, 3.63) is 11.6 Å². The highest BCUT2D eigenvalue weighted by Crippen LogP contribution is 2.29. The number of rotatable bonds is 0. The van der Waals surface area contributed by atoms with Gasteiger partial charge in [0.05, 0.1) is 0 Å². The molecule has 82 valence electrons. The lowest BCUT2D eigenvalue weighted by atomic mass is 10.1. The number of hydrogen-bond donors (Lipinski definition) is 1. The Morgan fingerprint density at radius 1 is 1.33 bits per heavy atom. The molecule has 1 N–H and O–H groups in total. The van der Waals surface area contributed by atoms with Crippen LogP contribution in [-0.2, 0) is 12.7 Å². The van der Waals surface area contributed by atoms with E-state index in [4.69, 9.17) is 5.21 Å². The third-order valence-corrected chi connectivity index (χ3v) is 2.18. The van der Waals surface area contributed by atoms with E-state index in [1.165, 1.54) is 0 Å². The molecule has 0 amide bonds. The van der Waals surface area contributed by atoms with E-state index >= 15 is 0 Å². The number of alkyl halides is 3. The molecule has 0 atom stereocenters. The van der Waals surface area contributed by atoms with E-state index in [0.717, 1.165) is 4.57 Å². The molecule has 0 bridgehead atoms. The van der Waals surface area contributed by atoms with Crippen LogP contribution < -0.4 is 0 Å². The van der Waals surface area contributed by atoms with Gasteiger partial charge in [-0.25, -0.2) is 0 Å². The molecule has 15 heavy (non-hydrogen) atoms. The summed E-state index contributed by atoms with van der Waals surface area (Å²) in [5, 5.41) is 17.9. The molecule has 0 fully saturated rings. The Morgan fingerprint density at radius 3 is 2.67 bits per heavy atom. The van der Waals surface area contributed by atoms with Crippen molar-refractivity contribution in [2.75, 3.05) is 0 Å². The van der Waals surface area contributed by atoms with Gasteiger partial charge in [-0.15, -0.1) is 10.2 Å². The van der Waals surface area contributed by atoms with Crippen LogP contribution in [0.4, 0.5) is 13.2 Å². The molecule has 0 spiro atoms. The van der Waals surface area contributed by atoms with Crippen molar-refractivity contribution in [3.63, 3.8) is 0 Å². The van der Waals surface area contributed by atoms with Gasteiger partial charge in [0, 0.05) is 6.54 Å². The fraction of sp³-hybridized carbons (Fsp3) is 0.571. The first-order valence-electron chi connectivity index (χ1n) is 4.25. The third kappa shape index (κ3) is 1.55. The van der Waals surface area contributed by atoms with E-state index in [1.807, 2.05) is 0 Å². The van der Waals surface area contributed by atoms with Crippen molar-refractivity contribution in [1.29, 1.82) is 0 Å². The van der Waals surface area contributed by atoms with Gasteiger partial charge in [-0.3, -0.25) is 0 Å². The summed E-state index contributed by atoms with van der Waals surface area (Å²) < 4.78 is 38.2. The maximum Gasteiger partial charge on any atom is 0.451 e. The van der Waals surface area contributed by atoms with E-state index < -0.39 is 12.0 Å². The van der Waals surface area contributed by atoms with E-state index in [1.54, 1.807) is 0 Å². The van der Waals surface area contributed by atoms with Crippen molar-refractivity contribution >= 4 is 5.71 Å². The van der Waals surface area contributed by atoms with Crippen molar-refractivity contribution in [2.24, 2.45) is 5.16 Å². The maximum absolute atomic E-state index is 12.4. The van der Waals surface area contributed by atoms with E-state index in [-0.39, 0.29) is 18.1 Å². The molecule has 0 aromatic carbocycles. The Labute approximate surface area is 82.2 Å². The molecular weight excluding hydrogens is 213 g/mol. The van der Waals surface area contributed by atoms with Gasteiger partial charge in [0.1, 0.15) is 5.71 Å². The van der Waals surface area contributed by atoms with Gasteiger partial charge >= 0.3 is 6.18 Å². The van der Waals surface area contributed by atoms with Gasteiger partial charge in [-0.05, 0) is 12.8 Å². The number of fused-ring (bicyclic) bond motifs is 1. The predicted molar refractivity (Wildman–Crippen MR) is 42.6 cm³/mol. The molecule has 2 rings (SSSR count). The topological polar surface area (TPSA) is 63.3 Å². The Bertz CT molecular complexity index is 409. The van der Waals surface area contributed by atoms with Crippen LogP contribution in [0.5, 0.6) is 0 Å². The minimum atomic E-state index is -4.52. The molecule has 8 heteroatoms. The van der Waals surface area contributed by atoms with Crippen LogP contribution in [0.1, 0.15) is 24.5 Å². The van der Waals surface area contributed by atoms with Crippen molar-refractivity contribution < 1.29 is 18.4 Å². The highest BCUT2D eigenvalue weighted by atomic mass is 19.4. The molecule has 1 aromatic heterocycles. The Hall–Kier alpha value is -1.60. The van der Waals surface area contributed by atoms with Crippen LogP contribution in [0, 0.1) is 0 Å². The van der Waals surface area contributed by atoms with Gasteiger partial charge in [-0.1, -0.05) is 5.16 Å². The quantitative estimate of drug-likeness (QED) is 0.529. The molecule has 5 nitrogen and oxygen atoms in total. The highest BCUT2D eigenvalue weighted by Gasteiger charge is 2.39. The SMILES string of the molecule is O/N=C1\CCCn2c1nnc2C(F)(F)F. The lowest BCUT2D eigenvalue weighted by Crippen LogP contribution is -2.23. The maximum atomic E-state index is 12.4. The molecule has 0 saturated heterocycles. The first-order valence-corrected chi connectivity index (χ1v) is 4.25. The van der Waals surface area contributed by atoms with Crippen molar-refractivity contribution in [1.82, 2.24) is 14.8 Å². The highest BCUT2D eigenvalue weighted by molar-refractivity contribution is 5.97. The smallest absolute Gasteiger partial charge is 0.411 e. The first-order chi connectivity index (χ1) is 7.04. The molecule has 1 aliphatic rings. The van der Waals surface area contributed by atoms with Gasteiger partial charge in [0.25, 0.3) is 0 Å². The standard InChI is InChI=1S/C7H7F3N4O/c8-7(9,10)6-12-11-5-4(13-15)2-1-3-14(5)6/h15H,1-3H2/b13-4+. The average Bonchev–Trinajstić information content (AvgIpc) is 2.59. The minimum absolute atomic E-state index is 0.00363. The fourth-order valence-corrected chi connectivity index (χ4v) is 1.55. The van der Waals surface area contributed by atoms with Crippen LogP contribution in [-0.4, -0.2) is 25.7 Å². The van der Waals surface area contributed by atoms with Crippen molar-refractivity contribution in [3.8, 4) is 0 Å². The Balaban J connectivity index is 2.52. The fourth-order valence-electron chi connectivity index (χ4n) is 1.55. The molecule has 1 aromatic rings. The first kappa shape index (κ1) is 9.94. The number of oxime groups is 1. The number of nitrogens with zero attached hydrogens (tertiary/aromatic N) is 4. The monoisotopic (exact) mass is 220 g/mol. The summed E-state index contributed by atoms with van der Waals surface area (Å²) in [4.78, 5) is 0. The molecule has 1 aliphatic heterocycles. The lowest BCUT2D eigenvalue weighted by Gasteiger charge is -2.16.